The molecule has 0 aliphatic carbocycles. The summed E-state index contributed by atoms with van der Waals surface area (Å²) in [6.07, 6.45) is -4.31. The Morgan fingerprint density at radius 3 is 2.00 bits per heavy atom. The molecule has 0 fully saturated rings. The van der Waals surface area contributed by atoms with Crippen LogP contribution in [0.1, 0.15) is 25.0 Å². The summed E-state index contributed by atoms with van der Waals surface area (Å²) in [5.41, 5.74) is 2.06. The summed E-state index contributed by atoms with van der Waals surface area (Å²) >= 11 is 0. The molecule has 1 nitrogen and oxygen atoms in total. The van der Waals surface area contributed by atoms with Crippen LogP contribution in [0.15, 0.2) is 42.5 Å². The van der Waals surface area contributed by atoms with Gasteiger partial charge in [-0.2, -0.15) is 13.2 Å². The number of halogens is 3. The molecule has 0 spiro atoms. The largest absolute Gasteiger partial charge is 0.492 e. The Labute approximate surface area is 135 Å². The first-order valence-corrected chi connectivity index (χ1v) is 7.48. The highest BCUT2D eigenvalue weighted by molar-refractivity contribution is 5.76. The van der Waals surface area contributed by atoms with Crippen LogP contribution in [0.2, 0.25) is 0 Å². The number of para-hydroxylation sites is 1. The van der Waals surface area contributed by atoms with E-state index in [4.69, 9.17) is 4.74 Å². The molecule has 0 saturated carbocycles. The number of aryl methyl sites for hydroxylation is 2. The summed E-state index contributed by atoms with van der Waals surface area (Å²) in [5.74, 6) is 0.474. The minimum Gasteiger partial charge on any atom is -0.492 e. The molecule has 4 heteroatoms. The van der Waals surface area contributed by atoms with Gasteiger partial charge in [0.05, 0.1) is 5.41 Å². The molecule has 2 aromatic rings. The zero-order chi connectivity index (χ0) is 17.3. The van der Waals surface area contributed by atoms with E-state index in [0.717, 1.165) is 36.1 Å². The molecule has 0 atom stereocenters. The summed E-state index contributed by atoms with van der Waals surface area (Å²) in [6, 6.07) is 13.2. The van der Waals surface area contributed by atoms with Crippen LogP contribution in [-0.2, 0) is 0 Å². The number of hydrogen-bond donors (Lipinski definition) is 0. The maximum atomic E-state index is 13.0. The molecule has 0 radical (unpaired) electrons. The first kappa shape index (κ1) is 17.4. The van der Waals surface area contributed by atoms with Gasteiger partial charge in [-0.05, 0) is 50.5 Å². The number of benzene rings is 2. The molecular weight excluding hydrogens is 301 g/mol. The van der Waals surface area contributed by atoms with Crippen LogP contribution in [0.25, 0.3) is 11.1 Å². The van der Waals surface area contributed by atoms with Crippen LogP contribution in [-0.4, -0.2) is 12.8 Å². The average molecular weight is 322 g/mol. The normalized spacial score (nSPS) is 12.3. The number of ether oxygens (including phenoxy) is 1. The molecule has 0 bridgehead atoms. The minimum atomic E-state index is -4.31. The molecule has 0 saturated heterocycles. The van der Waals surface area contributed by atoms with Crippen LogP contribution in [0, 0.1) is 19.3 Å². The van der Waals surface area contributed by atoms with E-state index in [1.165, 1.54) is 0 Å². The van der Waals surface area contributed by atoms with Gasteiger partial charge in [-0.1, -0.05) is 36.4 Å². The third-order valence-corrected chi connectivity index (χ3v) is 3.99. The Morgan fingerprint density at radius 2 is 1.43 bits per heavy atom. The fourth-order valence-electron chi connectivity index (χ4n) is 2.38. The topological polar surface area (TPSA) is 9.23 Å². The molecule has 0 heterocycles. The first-order valence-electron chi connectivity index (χ1n) is 7.48. The van der Waals surface area contributed by atoms with Gasteiger partial charge in [0, 0.05) is 5.56 Å². The molecular formula is C19H21F3O. The summed E-state index contributed by atoms with van der Waals surface area (Å²) in [4.78, 5) is 0. The highest BCUT2D eigenvalue weighted by Crippen LogP contribution is 2.40. The van der Waals surface area contributed by atoms with E-state index in [9.17, 15) is 13.2 Å². The lowest BCUT2D eigenvalue weighted by Crippen LogP contribution is -2.37. The molecule has 2 aromatic carbocycles. The fourth-order valence-corrected chi connectivity index (χ4v) is 2.38. The van der Waals surface area contributed by atoms with Gasteiger partial charge in [0.15, 0.2) is 0 Å². The molecule has 0 N–H and O–H groups in total. The Hall–Kier alpha value is -1.97. The lowest BCUT2D eigenvalue weighted by atomic mass is 9.93. The lowest BCUT2D eigenvalue weighted by Gasteiger charge is -2.28. The third kappa shape index (κ3) is 3.69. The van der Waals surface area contributed by atoms with Crippen molar-refractivity contribution in [1.82, 2.24) is 0 Å². The van der Waals surface area contributed by atoms with Gasteiger partial charge < -0.3 is 4.74 Å². The quantitative estimate of drug-likeness (QED) is 0.677. The van der Waals surface area contributed by atoms with Gasteiger partial charge >= 0.3 is 6.18 Å². The second-order valence-electron chi connectivity index (χ2n) is 6.43. The highest BCUT2D eigenvalue weighted by atomic mass is 19.4. The van der Waals surface area contributed by atoms with Crippen molar-refractivity contribution in [3.8, 4) is 16.9 Å². The first-order chi connectivity index (χ1) is 10.6. The number of hydrogen-bond acceptors (Lipinski definition) is 1. The predicted octanol–water partition coefficient (Wildman–Crippen LogP) is 5.94. The van der Waals surface area contributed by atoms with Crippen molar-refractivity contribution in [3.05, 3.63) is 53.6 Å². The van der Waals surface area contributed by atoms with Crippen molar-refractivity contribution in [2.24, 2.45) is 5.41 Å². The van der Waals surface area contributed by atoms with Gasteiger partial charge in [0.2, 0.25) is 0 Å². The van der Waals surface area contributed by atoms with Crippen molar-refractivity contribution in [2.75, 3.05) is 6.61 Å². The molecule has 124 valence electrons. The SMILES string of the molecule is Cc1cccc(C)c1-c1ccccc1OCC(C)(C)C(F)(F)F. The van der Waals surface area contributed by atoms with E-state index < -0.39 is 18.2 Å². The van der Waals surface area contributed by atoms with Gasteiger partial charge in [0.1, 0.15) is 12.4 Å². The third-order valence-electron chi connectivity index (χ3n) is 3.99. The summed E-state index contributed by atoms with van der Waals surface area (Å²) in [6.45, 7) is 5.85. The predicted molar refractivity (Wildman–Crippen MR) is 86.7 cm³/mol. The average Bonchev–Trinajstić information content (AvgIpc) is 2.45. The second kappa shape index (κ2) is 6.26. The van der Waals surface area contributed by atoms with Crippen molar-refractivity contribution in [2.45, 2.75) is 33.9 Å². The number of rotatable bonds is 4. The van der Waals surface area contributed by atoms with Crippen molar-refractivity contribution >= 4 is 0 Å². The summed E-state index contributed by atoms with van der Waals surface area (Å²) < 4.78 is 44.6. The minimum absolute atomic E-state index is 0.418. The van der Waals surface area contributed by atoms with E-state index in [1.54, 1.807) is 12.1 Å². The Balaban J connectivity index is 2.36. The van der Waals surface area contributed by atoms with Crippen molar-refractivity contribution < 1.29 is 17.9 Å². The maximum absolute atomic E-state index is 13.0. The monoisotopic (exact) mass is 322 g/mol. The van der Waals surface area contributed by atoms with Gasteiger partial charge in [-0.3, -0.25) is 0 Å². The molecule has 0 unspecified atom stereocenters. The van der Waals surface area contributed by atoms with Gasteiger partial charge in [-0.25, -0.2) is 0 Å². The second-order valence-corrected chi connectivity index (χ2v) is 6.43. The molecule has 0 amide bonds. The van der Waals surface area contributed by atoms with Crippen LogP contribution in [0.5, 0.6) is 5.75 Å². The Morgan fingerprint density at radius 1 is 0.870 bits per heavy atom. The standard InChI is InChI=1S/C19H21F3O/c1-13-8-7-9-14(2)17(13)15-10-5-6-11-16(15)23-12-18(3,4)19(20,21)22/h5-11H,12H2,1-4H3. The summed E-state index contributed by atoms with van der Waals surface area (Å²) in [7, 11) is 0. The number of alkyl halides is 3. The summed E-state index contributed by atoms with van der Waals surface area (Å²) in [5, 5.41) is 0. The van der Waals surface area contributed by atoms with E-state index in [2.05, 4.69) is 0 Å². The zero-order valence-corrected chi connectivity index (χ0v) is 13.8. The Kier molecular flexibility index (Phi) is 4.73. The lowest BCUT2D eigenvalue weighted by molar-refractivity contribution is -0.219. The van der Waals surface area contributed by atoms with Crippen LogP contribution in [0.4, 0.5) is 13.2 Å². The maximum Gasteiger partial charge on any atom is 0.397 e. The van der Waals surface area contributed by atoms with E-state index >= 15 is 0 Å². The molecule has 2 rings (SSSR count). The van der Waals surface area contributed by atoms with Gasteiger partial charge in [0.25, 0.3) is 0 Å². The smallest absolute Gasteiger partial charge is 0.397 e. The zero-order valence-electron chi connectivity index (χ0n) is 13.8. The van der Waals surface area contributed by atoms with Crippen molar-refractivity contribution in [1.29, 1.82) is 0 Å². The molecule has 0 aliphatic rings. The van der Waals surface area contributed by atoms with Crippen molar-refractivity contribution in [3.63, 3.8) is 0 Å². The highest BCUT2D eigenvalue weighted by Gasteiger charge is 2.48. The van der Waals surface area contributed by atoms with E-state index in [1.807, 2.05) is 44.2 Å². The van der Waals surface area contributed by atoms with Crippen LogP contribution in [0.3, 0.4) is 0 Å². The Bertz CT molecular complexity index is 667. The van der Waals surface area contributed by atoms with E-state index in [0.29, 0.717) is 5.75 Å². The fraction of sp³-hybridized carbons (Fsp3) is 0.368. The molecule has 0 aliphatic heterocycles. The molecule has 23 heavy (non-hydrogen) atoms. The van der Waals surface area contributed by atoms with E-state index in [-0.39, 0.29) is 0 Å². The molecule has 0 aromatic heterocycles. The van der Waals surface area contributed by atoms with Crippen LogP contribution < -0.4 is 4.74 Å². The van der Waals surface area contributed by atoms with Crippen LogP contribution >= 0.6 is 0 Å². The van der Waals surface area contributed by atoms with Gasteiger partial charge in [-0.15, -0.1) is 0 Å².